The van der Waals surface area contributed by atoms with E-state index in [4.69, 9.17) is 11.6 Å². The van der Waals surface area contributed by atoms with Crippen molar-refractivity contribution in [1.29, 1.82) is 0 Å². The Kier molecular flexibility index (Phi) is 3.54. The Morgan fingerprint density at radius 3 is 2.67 bits per heavy atom. The van der Waals surface area contributed by atoms with Crippen molar-refractivity contribution >= 4 is 17.9 Å². The van der Waals surface area contributed by atoms with Gasteiger partial charge in [-0.25, -0.2) is 9.07 Å². The Bertz CT molecular complexity index is 814. The highest BCUT2D eigenvalue weighted by Gasteiger charge is 2.14. The molecule has 0 amide bonds. The topological polar surface area (TPSA) is 34.9 Å². The molecule has 104 valence electrons. The zero-order chi connectivity index (χ0) is 14.8. The van der Waals surface area contributed by atoms with E-state index in [9.17, 15) is 9.18 Å². The standard InChI is InChI=1S/C16H10ClFN2O/c17-15-7-2-1-6-14(15)16-11(10-21)9-20(19-16)13-5-3-4-12(18)8-13/h1-10H. The third kappa shape index (κ3) is 2.58. The zero-order valence-corrected chi connectivity index (χ0v) is 11.6. The van der Waals surface area contributed by atoms with Crippen LogP contribution in [0.15, 0.2) is 54.7 Å². The number of hydrogen-bond donors (Lipinski definition) is 0. The van der Waals surface area contributed by atoms with Crippen LogP contribution in [0, 0.1) is 5.82 Å². The number of nitrogens with zero attached hydrogens (tertiary/aromatic N) is 2. The summed E-state index contributed by atoms with van der Waals surface area (Å²) < 4.78 is 14.8. The van der Waals surface area contributed by atoms with Crippen molar-refractivity contribution in [2.75, 3.05) is 0 Å². The second-order valence-electron chi connectivity index (χ2n) is 4.46. The molecule has 0 fully saturated rings. The summed E-state index contributed by atoms with van der Waals surface area (Å²) in [5, 5.41) is 4.86. The van der Waals surface area contributed by atoms with Gasteiger partial charge in [-0.1, -0.05) is 35.9 Å². The van der Waals surface area contributed by atoms with E-state index in [1.54, 1.807) is 36.5 Å². The average Bonchev–Trinajstić information content (AvgIpc) is 2.92. The van der Waals surface area contributed by atoms with Crippen molar-refractivity contribution < 1.29 is 9.18 Å². The number of aldehydes is 1. The van der Waals surface area contributed by atoms with Crippen LogP contribution in [-0.2, 0) is 0 Å². The number of hydrogen-bond acceptors (Lipinski definition) is 2. The van der Waals surface area contributed by atoms with E-state index in [0.29, 0.717) is 33.8 Å². The van der Waals surface area contributed by atoms with Gasteiger partial charge in [0.25, 0.3) is 0 Å². The largest absolute Gasteiger partial charge is 0.298 e. The Hall–Kier alpha value is -2.46. The summed E-state index contributed by atoms with van der Waals surface area (Å²) in [5.74, 6) is -0.366. The summed E-state index contributed by atoms with van der Waals surface area (Å²) in [6, 6.07) is 13.1. The van der Waals surface area contributed by atoms with Crippen molar-refractivity contribution in [2.45, 2.75) is 0 Å². The number of benzene rings is 2. The molecule has 0 saturated heterocycles. The number of carbonyl (C=O) groups is 1. The van der Waals surface area contributed by atoms with Gasteiger partial charge in [-0.05, 0) is 24.3 Å². The van der Waals surface area contributed by atoms with Gasteiger partial charge in [-0.3, -0.25) is 4.79 Å². The van der Waals surface area contributed by atoms with Crippen LogP contribution in [0.5, 0.6) is 0 Å². The second kappa shape index (κ2) is 5.50. The molecule has 0 aliphatic rings. The molecule has 2 aromatic carbocycles. The maximum absolute atomic E-state index is 13.3. The molecule has 21 heavy (non-hydrogen) atoms. The molecule has 0 aliphatic heterocycles. The molecular formula is C16H10ClFN2O. The Morgan fingerprint density at radius 2 is 1.95 bits per heavy atom. The van der Waals surface area contributed by atoms with Crippen LogP contribution < -0.4 is 0 Å². The first-order valence-electron chi connectivity index (χ1n) is 6.25. The minimum atomic E-state index is -0.366. The van der Waals surface area contributed by atoms with Crippen molar-refractivity contribution in [1.82, 2.24) is 9.78 Å². The molecule has 0 N–H and O–H groups in total. The number of carbonyl (C=O) groups excluding carboxylic acids is 1. The first-order chi connectivity index (χ1) is 10.2. The Balaban J connectivity index is 2.15. The van der Waals surface area contributed by atoms with Crippen molar-refractivity contribution in [3.8, 4) is 16.9 Å². The highest BCUT2D eigenvalue weighted by atomic mass is 35.5. The van der Waals surface area contributed by atoms with Crippen LogP contribution in [0.1, 0.15) is 10.4 Å². The summed E-state index contributed by atoms with van der Waals surface area (Å²) in [5.41, 5.74) is 2.07. The Labute approximate surface area is 125 Å². The summed E-state index contributed by atoms with van der Waals surface area (Å²) in [4.78, 5) is 11.3. The van der Waals surface area contributed by atoms with E-state index < -0.39 is 0 Å². The summed E-state index contributed by atoms with van der Waals surface area (Å²) in [6.45, 7) is 0. The molecule has 5 heteroatoms. The van der Waals surface area contributed by atoms with E-state index in [1.165, 1.54) is 16.8 Å². The van der Waals surface area contributed by atoms with Gasteiger partial charge in [0.1, 0.15) is 11.5 Å². The van der Waals surface area contributed by atoms with Crippen LogP contribution in [0.3, 0.4) is 0 Å². The van der Waals surface area contributed by atoms with E-state index >= 15 is 0 Å². The van der Waals surface area contributed by atoms with Crippen LogP contribution in [0.4, 0.5) is 4.39 Å². The fourth-order valence-electron chi connectivity index (χ4n) is 2.09. The molecule has 0 radical (unpaired) electrons. The smallest absolute Gasteiger partial charge is 0.153 e. The summed E-state index contributed by atoms with van der Waals surface area (Å²) in [7, 11) is 0. The lowest BCUT2D eigenvalue weighted by molar-refractivity contribution is 0.112. The summed E-state index contributed by atoms with van der Waals surface area (Å²) in [6.07, 6.45) is 2.27. The molecule has 0 spiro atoms. The first kappa shape index (κ1) is 13.5. The predicted molar refractivity (Wildman–Crippen MR) is 79.4 cm³/mol. The molecule has 1 heterocycles. The van der Waals surface area contributed by atoms with E-state index in [1.807, 2.05) is 6.07 Å². The molecule has 1 aromatic heterocycles. The van der Waals surface area contributed by atoms with Gasteiger partial charge < -0.3 is 0 Å². The van der Waals surface area contributed by atoms with Crippen molar-refractivity contribution in [3.63, 3.8) is 0 Å². The molecule has 0 aliphatic carbocycles. The molecule has 0 bridgehead atoms. The maximum Gasteiger partial charge on any atom is 0.153 e. The fraction of sp³-hybridized carbons (Fsp3) is 0. The number of halogens is 2. The maximum atomic E-state index is 13.3. The van der Waals surface area contributed by atoms with Gasteiger partial charge in [-0.2, -0.15) is 5.10 Å². The number of aromatic nitrogens is 2. The van der Waals surface area contributed by atoms with E-state index in [2.05, 4.69) is 5.10 Å². The average molecular weight is 301 g/mol. The van der Waals surface area contributed by atoms with Gasteiger partial charge in [0.15, 0.2) is 6.29 Å². The molecule has 3 nitrogen and oxygen atoms in total. The van der Waals surface area contributed by atoms with Crippen LogP contribution in [0.25, 0.3) is 16.9 Å². The normalized spacial score (nSPS) is 10.6. The van der Waals surface area contributed by atoms with Crippen molar-refractivity contribution in [3.05, 3.63) is 71.1 Å². The molecule has 0 atom stereocenters. The monoisotopic (exact) mass is 300 g/mol. The van der Waals surface area contributed by atoms with Gasteiger partial charge >= 0.3 is 0 Å². The van der Waals surface area contributed by atoms with Gasteiger partial charge in [0, 0.05) is 11.8 Å². The van der Waals surface area contributed by atoms with Crippen LogP contribution in [-0.4, -0.2) is 16.1 Å². The predicted octanol–water partition coefficient (Wildman–Crippen LogP) is 4.14. The number of rotatable bonds is 3. The minimum absolute atomic E-state index is 0.366. The lowest BCUT2D eigenvalue weighted by atomic mass is 10.1. The van der Waals surface area contributed by atoms with Crippen molar-refractivity contribution in [2.24, 2.45) is 0 Å². The molecule has 3 rings (SSSR count). The molecular weight excluding hydrogens is 291 g/mol. The third-order valence-corrected chi connectivity index (χ3v) is 3.40. The van der Waals surface area contributed by atoms with Gasteiger partial charge in [0.05, 0.1) is 16.3 Å². The highest BCUT2D eigenvalue weighted by molar-refractivity contribution is 6.33. The third-order valence-electron chi connectivity index (χ3n) is 3.07. The highest BCUT2D eigenvalue weighted by Crippen LogP contribution is 2.29. The Morgan fingerprint density at radius 1 is 1.14 bits per heavy atom. The van der Waals surface area contributed by atoms with Gasteiger partial charge in [-0.15, -0.1) is 0 Å². The zero-order valence-electron chi connectivity index (χ0n) is 10.8. The van der Waals surface area contributed by atoms with Gasteiger partial charge in [0.2, 0.25) is 0 Å². The molecule has 3 aromatic rings. The molecule has 0 saturated carbocycles. The minimum Gasteiger partial charge on any atom is -0.298 e. The summed E-state index contributed by atoms with van der Waals surface area (Å²) >= 11 is 6.14. The quantitative estimate of drug-likeness (QED) is 0.681. The SMILES string of the molecule is O=Cc1cn(-c2cccc(F)c2)nc1-c1ccccc1Cl. The lowest BCUT2D eigenvalue weighted by Crippen LogP contribution is -1.95. The van der Waals surface area contributed by atoms with E-state index in [-0.39, 0.29) is 5.82 Å². The first-order valence-corrected chi connectivity index (χ1v) is 6.62. The second-order valence-corrected chi connectivity index (χ2v) is 4.86. The lowest BCUT2D eigenvalue weighted by Gasteiger charge is -2.02. The van der Waals surface area contributed by atoms with E-state index in [0.717, 1.165) is 0 Å². The fourth-order valence-corrected chi connectivity index (χ4v) is 2.31. The molecule has 0 unspecified atom stereocenters. The van der Waals surface area contributed by atoms with Crippen LogP contribution >= 0.6 is 11.6 Å². The van der Waals surface area contributed by atoms with Crippen LogP contribution in [0.2, 0.25) is 5.02 Å².